The Hall–Kier alpha value is -0.810. The van der Waals surface area contributed by atoms with Gasteiger partial charge in [-0.25, -0.2) is 0 Å². The van der Waals surface area contributed by atoms with E-state index in [1.54, 1.807) is 13.2 Å². The number of halogens is 1. The summed E-state index contributed by atoms with van der Waals surface area (Å²) in [6, 6.07) is 5.45. The van der Waals surface area contributed by atoms with Gasteiger partial charge in [0.1, 0.15) is 5.75 Å². The highest BCUT2D eigenvalue weighted by Gasteiger charge is 2.27. The van der Waals surface area contributed by atoms with Gasteiger partial charge < -0.3 is 14.6 Å². The Bertz CT molecular complexity index is 441. The molecule has 2 rings (SSSR count). The molecule has 0 spiro atoms. The molecule has 1 saturated heterocycles. The molecule has 0 bridgehead atoms. The van der Waals surface area contributed by atoms with Crippen LogP contribution in [0, 0.1) is 0 Å². The summed E-state index contributed by atoms with van der Waals surface area (Å²) >= 11 is 6.01. The minimum Gasteiger partial charge on any atom is -0.496 e. The van der Waals surface area contributed by atoms with E-state index >= 15 is 0 Å². The van der Waals surface area contributed by atoms with Crippen molar-refractivity contribution in [3.8, 4) is 5.75 Å². The van der Waals surface area contributed by atoms with E-state index in [0.29, 0.717) is 18.1 Å². The van der Waals surface area contributed by atoms with Gasteiger partial charge in [-0.2, -0.15) is 0 Å². The number of hydrogen-bond acceptors (Lipinski definition) is 4. The summed E-state index contributed by atoms with van der Waals surface area (Å²) in [6.07, 6.45) is -0.240. The molecule has 1 aliphatic rings. The molecule has 1 N–H and O–H groups in total. The number of benzene rings is 1. The maximum Gasteiger partial charge on any atom is 0.122 e. The second-order valence-electron chi connectivity index (χ2n) is 5.03. The normalized spacial score (nSPS) is 21.7. The molecule has 4 nitrogen and oxygen atoms in total. The molecule has 20 heavy (non-hydrogen) atoms. The average Bonchev–Trinajstić information content (AvgIpc) is 2.47. The number of likely N-dealkylation sites (N-methyl/N-ethyl adjacent to an activating group) is 1. The van der Waals surface area contributed by atoms with Crippen molar-refractivity contribution in [2.75, 3.05) is 33.4 Å². The monoisotopic (exact) mass is 299 g/mol. The van der Waals surface area contributed by atoms with E-state index in [1.807, 2.05) is 12.1 Å². The first kappa shape index (κ1) is 15.6. The lowest BCUT2D eigenvalue weighted by atomic mass is 10.0. The number of methoxy groups -OCH3 is 1. The fourth-order valence-corrected chi connectivity index (χ4v) is 2.71. The van der Waals surface area contributed by atoms with Crippen molar-refractivity contribution < 1.29 is 14.6 Å². The van der Waals surface area contributed by atoms with E-state index in [-0.39, 0.29) is 6.10 Å². The maximum atomic E-state index is 10.4. The van der Waals surface area contributed by atoms with E-state index in [9.17, 15) is 5.11 Å². The van der Waals surface area contributed by atoms with Crippen molar-refractivity contribution >= 4 is 11.6 Å². The van der Waals surface area contributed by atoms with Gasteiger partial charge in [-0.3, -0.25) is 4.90 Å². The Morgan fingerprint density at radius 1 is 1.55 bits per heavy atom. The van der Waals surface area contributed by atoms with Gasteiger partial charge in [-0.1, -0.05) is 18.5 Å². The van der Waals surface area contributed by atoms with Crippen LogP contribution < -0.4 is 4.74 Å². The molecule has 0 saturated carbocycles. The van der Waals surface area contributed by atoms with Crippen LogP contribution in [0.3, 0.4) is 0 Å². The standard InChI is InChI=1S/C15H22ClNO3/c1-3-17-6-7-20-15(10-17)13(18)9-11-8-12(16)4-5-14(11)19-2/h4-5,8,13,15,18H,3,6-7,9-10H2,1-2H3. The van der Waals surface area contributed by atoms with Crippen molar-refractivity contribution in [2.45, 2.75) is 25.6 Å². The average molecular weight is 300 g/mol. The van der Waals surface area contributed by atoms with Crippen LogP contribution in [0.25, 0.3) is 0 Å². The molecule has 0 amide bonds. The van der Waals surface area contributed by atoms with Gasteiger partial charge in [0.05, 0.1) is 25.9 Å². The molecule has 1 aromatic carbocycles. The maximum absolute atomic E-state index is 10.4. The summed E-state index contributed by atoms with van der Waals surface area (Å²) in [6.45, 7) is 5.46. The molecule has 2 atom stereocenters. The lowest BCUT2D eigenvalue weighted by Crippen LogP contribution is -2.48. The first-order chi connectivity index (χ1) is 9.63. The van der Waals surface area contributed by atoms with Gasteiger partial charge in [0, 0.05) is 24.5 Å². The largest absolute Gasteiger partial charge is 0.496 e. The molecule has 0 aliphatic carbocycles. The van der Waals surface area contributed by atoms with Gasteiger partial charge in [0.15, 0.2) is 0 Å². The molecule has 5 heteroatoms. The number of rotatable bonds is 5. The Morgan fingerprint density at radius 3 is 3.05 bits per heavy atom. The zero-order valence-electron chi connectivity index (χ0n) is 12.0. The summed E-state index contributed by atoms with van der Waals surface area (Å²) in [5.41, 5.74) is 0.907. The van der Waals surface area contributed by atoms with Crippen molar-refractivity contribution in [1.29, 1.82) is 0 Å². The predicted molar refractivity (Wildman–Crippen MR) is 79.6 cm³/mol. The highest BCUT2D eigenvalue weighted by molar-refractivity contribution is 6.30. The van der Waals surface area contributed by atoms with E-state index in [1.165, 1.54) is 0 Å². The highest BCUT2D eigenvalue weighted by atomic mass is 35.5. The minimum atomic E-state index is -0.559. The van der Waals surface area contributed by atoms with Crippen LogP contribution >= 0.6 is 11.6 Å². The molecule has 0 radical (unpaired) electrons. The Balaban J connectivity index is 2.03. The predicted octanol–water partition coefficient (Wildman–Crippen LogP) is 1.97. The smallest absolute Gasteiger partial charge is 0.122 e. The van der Waals surface area contributed by atoms with Crippen LogP contribution in [0.15, 0.2) is 18.2 Å². The number of aliphatic hydroxyl groups is 1. The Labute approximate surface area is 125 Å². The summed E-state index contributed by atoms with van der Waals surface area (Å²) < 4.78 is 11.0. The van der Waals surface area contributed by atoms with Crippen LogP contribution in [0.1, 0.15) is 12.5 Å². The molecule has 1 fully saturated rings. The van der Waals surface area contributed by atoms with Crippen LogP contribution in [-0.2, 0) is 11.2 Å². The zero-order valence-corrected chi connectivity index (χ0v) is 12.8. The third-order valence-corrected chi connectivity index (χ3v) is 3.96. The fraction of sp³-hybridized carbons (Fsp3) is 0.600. The summed E-state index contributed by atoms with van der Waals surface area (Å²) in [4.78, 5) is 2.28. The van der Waals surface area contributed by atoms with Crippen LogP contribution in [0.4, 0.5) is 0 Å². The second kappa shape index (κ2) is 7.27. The summed E-state index contributed by atoms with van der Waals surface area (Å²) in [7, 11) is 1.62. The number of hydrogen-bond donors (Lipinski definition) is 1. The third-order valence-electron chi connectivity index (χ3n) is 3.73. The first-order valence-electron chi connectivity index (χ1n) is 6.98. The van der Waals surface area contributed by atoms with Gasteiger partial charge in [-0.05, 0) is 30.3 Å². The number of ether oxygens (including phenoxy) is 2. The first-order valence-corrected chi connectivity index (χ1v) is 7.36. The quantitative estimate of drug-likeness (QED) is 0.903. The van der Waals surface area contributed by atoms with Crippen LogP contribution in [-0.4, -0.2) is 55.6 Å². The lowest BCUT2D eigenvalue weighted by Gasteiger charge is -2.34. The van der Waals surface area contributed by atoms with E-state index in [0.717, 1.165) is 30.9 Å². The van der Waals surface area contributed by atoms with Gasteiger partial charge in [0.2, 0.25) is 0 Å². The number of aliphatic hydroxyl groups excluding tert-OH is 1. The van der Waals surface area contributed by atoms with Gasteiger partial charge in [0.25, 0.3) is 0 Å². The van der Waals surface area contributed by atoms with Crippen LogP contribution in [0.2, 0.25) is 5.02 Å². The Morgan fingerprint density at radius 2 is 2.35 bits per heavy atom. The van der Waals surface area contributed by atoms with Crippen molar-refractivity contribution in [1.82, 2.24) is 4.90 Å². The molecule has 1 heterocycles. The van der Waals surface area contributed by atoms with E-state index < -0.39 is 6.10 Å². The molecular formula is C15H22ClNO3. The zero-order chi connectivity index (χ0) is 14.5. The SMILES string of the molecule is CCN1CCOC(C(O)Cc2cc(Cl)ccc2OC)C1. The van der Waals surface area contributed by atoms with E-state index in [4.69, 9.17) is 21.1 Å². The number of nitrogens with zero attached hydrogens (tertiary/aromatic N) is 1. The summed E-state index contributed by atoms with van der Waals surface area (Å²) in [5, 5.41) is 11.0. The molecule has 1 aliphatic heterocycles. The number of morpholine rings is 1. The molecule has 0 aromatic heterocycles. The fourth-order valence-electron chi connectivity index (χ4n) is 2.52. The molecule has 1 aromatic rings. The van der Waals surface area contributed by atoms with Crippen molar-refractivity contribution in [2.24, 2.45) is 0 Å². The topological polar surface area (TPSA) is 41.9 Å². The highest BCUT2D eigenvalue weighted by Crippen LogP contribution is 2.25. The van der Waals surface area contributed by atoms with Crippen LogP contribution in [0.5, 0.6) is 5.75 Å². The van der Waals surface area contributed by atoms with Crippen molar-refractivity contribution in [3.63, 3.8) is 0 Å². The molecular weight excluding hydrogens is 278 g/mol. The van der Waals surface area contributed by atoms with Crippen molar-refractivity contribution in [3.05, 3.63) is 28.8 Å². The minimum absolute atomic E-state index is 0.160. The third kappa shape index (κ3) is 3.85. The second-order valence-corrected chi connectivity index (χ2v) is 5.47. The Kier molecular flexibility index (Phi) is 5.66. The van der Waals surface area contributed by atoms with Gasteiger partial charge in [-0.15, -0.1) is 0 Å². The molecule has 112 valence electrons. The summed E-state index contributed by atoms with van der Waals surface area (Å²) in [5.74, 6) is 0.747. The van der Waals surface area contributed by atoms with Gasteiger partial charge >= 0.3 is 0 Å². The molecule has 2 unspecified atom stereocenters. The lowest BCUT2D eigenvalue weighted by molar-refractivity contribution is -0.0868. The van der Waals surface area contributed by atoms with E-state index in [2.05, 4.69) is 11.8 Å².